The zero-order valence-electron chi connectivity index (χ0n) is 42.4. The molecule has 0 aliphatic rings. The third-order valence-corrected chi connectivity index (χ3v) is 11.1. The molecule has 0 aliphatic heterocycles. The molecule has 90 heavy (non-hydrogen) atoms. The van der Waals surface area contributed by atoms with Gasteiger partial charge in [0.15, 0.2) is 0 Å². The van der Waals surface area contributed by atoms with Crippen molar-refractivity contribution in [3.05, 3.63) is 125 Å². The molecule has 0 saturated carbocycles. The Morgan fingerprint density at radius 3 is 0.822 bits per heavy atom. The number of nitrogens with two attached hydrogens (primary N) is 3. The first-order chi connectivity index (χ1) is 34.2. The maximum atomic E-state index is 12.6. The third kappa shape index (κ3) is 50.6. The van der Waals surface area contributed by atoms with Crippen LogP contribution in [0.1, 0.15) is 216 Å². The number of hydrogen-bond acceptors (Lipinski definition) is 15. The van der Waals surface area contributed by atoms with E-state index >= 15 is 0 Å². The van der Waals surface area contributed by atoms with E-state index in [0.29, 0.717) is 84.9 Å². The van der Waals surface area contributed by atoms with E-state index in [1.807, 2.05) is 45.9 Å². The number of amides is 4. The van der Waals surface area contributed by atoms with Crippen molar-refractivity contribution in [2.24, 2.45) is 5.41 Å². The van der Waals surface area contributed by atoms with E-state index in [2.05, 4.69) is 21.3 Å². The summed E-state index contributed by atoms with van der Waals surface area (Å²) in [6.45, 7) is 11.6. The van der Waals surface area contributed by atoms with Gasteiger partial charge in [-0.1, -0.05) is 152 Å². The summed E-state index contributed by atoms with van der Waals surface area (Å²) in [5.74, 6) is -0.840. The first-order valence-electron chi connectivity index (χ1n) is 24.2. The minimum Gasteiger partial charge on any atom is -0.399 e. The normalized spacial score (nSPS) is 10.9. The van der Waals surface area contributed by atoms with E-state index in [1.54, 1.807) is 84.9 Å². The molecule has 0 bridgehead atoms. The van der Waals surface area contributed by atoms with Crippen molar-refractivity contribution >= 4 is 40.7 Å². The van der Waals surface area contributed by atoms with Gasteiger partial charge in [0, 0.05) is 70.9 Å². The fourth-order valence-electron chi connectivity index (χ4n) is 7.00. The average Bonchev–Trinajstić information content (AvgIpc) is 3.36. The Bertz CT molecular complexity index is 1970. The number of benzene rings is 4. The van der Waals surface area contributed by atoms with Gasteiger partial charge in [-0.15, -0.1) is 0 Å². The molecule has 0 fully saturated rings. The molecule has 4 unspecified atom stereocenters. The number of nitrogen functional groups attached to an aromatic ring is 3. The van der Waals surface area contributed by atoms with Crippen molar-refractivity contribution in [2.45, 2.75) is 199 Å². The number of ether oxygens (including phenoxy) is 7. The molecule has 4 aromatic rings. The predicted molar refractivity (Wildman–Crippen MR) is 400 cm³/mol. The fourth-order valence-corrected chi connectivity index (χ4v) is 7.00. The molecule has 540 valence electrons. The fraction of sp³-hybridized carbons (Fsp3) is 0.606. The summed E-state index contributed by atoms with van der Waals surface area (Å²) in [5, 5.41) is 11.5. The first-order valence-corrected chi connectivity index (χ1v) is 24.2. The van der Waals surface area contributed by atoms with Crippen molar-refractivity contribution in [3.8, 4) is 0 Å². The second-order valence-electron chi connectivity index (χ2n) is 17.6. The molecular weight excluding hydrogens is 1140 g/mol. The zero-order valence-corrected chi connectivity index (χ0v) is 42.4. The van der Waals surface area contributed by atoms with Crippen LogP contribution in [0.25, 0.3) is 0 Å². The number of carbonyl (C=O) groups is 4. The number of carbonyl (C=O) groups excluding carboxylic acids is 4. The predicted octanol–water partition coefficient (Wildman–Crippen LogP) is 16.5. The van der Waals surface area contributed by atoms with Gasteiger partial charge < -0.3 is 77.8 Å². The SMILES string of the molecule is C.C.C.C.C.C.C.C.C.C.C.C.C.C.C.C.C.C.CC(CCC(COCC(C)OCCNC(=O)c1ccc(N)cc1)(COCC(C)OCCNC(=O)c1ccc(N)cc1)COCC(C)OCCNC(=O)c1ccc(N)cc1)OCCNC(=O)c1ccccc1.N. The van der Waals surface area contributed by atoms with Crippen molar-refractivity contribution in [1.29, 1.82) is 0 Å². The van der Waals surface area contributed by atoms with Crippen molar-refractivity contribution in [3.63, 3.8) is 0 Å². The highest BCUT2D eigenvalue weighted by Gasteiger charge is 2.33. The van der Waals surface area contributed by atoms with Gasteiger partial charge in [0.25, 0.3) is 23.6 Å². The summed E-state index contributed by atoms with van der Waals surface area (Å²) < 4.78 is 43.3. The molecule has 19 heteroatoms. The maximum Gasteiger partial charge on any atom is 0.251 e. The van der Waals surface area contributed by atoms with Crippen LogP contribution in [-0.2, 0) is 33.2 Å². The van der Waals surface area contributed by atoms with E-state index in [9.17, 15) is 19.2 Å². The standard InChI is InChI=1S/C53H75N7O11.18CH4.H3N/c1-38(68-28-24-57-49(61)42-8-6-5-7-9-42)22-23-53(35-65-32-39(2)69-29-25-58-50(62)43-10-16-46(54)17-11-43,36-66-33-40(3)70-30-26-59-51(63)44-12-18-47(55)19-13-44)37-67-34-41(4)71-31-27-60-52(64)45-14-20-48(56)21-15-45;;;;;;;;;;;;;;;;;;;/h5-21,38-41H,22-37,54-56H2,1-4H3,(H,57,61)(H,58,62)(H,59,63)(H,60,64);18*1H4;1H3. The Kier molecular flexibility index (Phi) is 97.6. The highest BCUT2D eigenvalue weighted by molar-refractivity contribution is 5.96. The summed E-state index contributed by atoms with van der Waals surface area (Å²) in [6, 6.07) is 29.1. The second kappa shape index (κ2) is 70.3. The topological polar surface area (TPSA) is 294 Å². The molecule has 13 N–H and O–H groups in total. The molecule has 4 rings (SSSR count). The third-order valence-electron chi connectivity index (χ3n) is 11.1. The number of nitrogens with one attached hydrogen (secondary N) is 4. The maximum absolute atomic E-state index is 12.6. The van der Waals surface area contributed by atoms with Crippen LogP contribution < -0.4 is 44.6 Å². The van der Waals surface area contributed by atoms with E-state index in [1.165, 1.54) is 0 Å². The Balaban J connectivity index is -0.000000206. The number of rotatable bonds is 35. The van der Waals surface area contributed by atoms with Gasteiger partial charge in [-0.3, -0.25) is 19.2 Å². The van der Waals surface area contributed by atoms with Crippen LogP contribution >= 0.6 is 0 Å². The van der Waals surface area contributed by atoms with Crippen molar-refractivity contribution in [2.75, 3.05) is 109 Å². The Morgan fingerprint density at radius 1 is 0.356 bits per heavy atom. The Hall–Kier alpha value is -6.16. The minimum atomic E-state index is -0.675. The summed E-state index contributed by atoms with van der Waals surface area (Å²) in [7, 11) is 0. The molecule has 19 nitrogen and oxygen atoms in total. The summed E-state index contributed by atoms with van der Waals surface area (Å²) in [6.07, 6.45) is 0.0836. The molecule has 0 radical (unpaired) electrons. The lowest BCUT2D eigenvalue weighted by atomic mass is 9.84. The molecule has 0 saturated heterocycles. The van der Waals surface area contributed by atoms with Crippen LogP contribution in [0.4, 0.5) is 17.1 Å². The van der Waals surface area contributed by atoms with Gasteiger partial charge in [0.2, 0.25) is 0 Å². The molecule has 0 heterocycles. The van der Waals surface area contributed by atoms with Gasteiger partial charge in [-0.25, -0.2) is 0 Å². The number of anilines is 3. The van der Waals surface area contributed by atoms with Crippen LogP contribution in [-0.4, -0.2) is 140 Å². The van der Waals surface area contributed by atoms with E-state index in [4.69, 9.17) is 50.4 Å². The monoisotopic (exact) mass is 1290 g/mol. The molecule has 4 atom stereocenters. The molecular formula is C71H150N8O11. The van der Waals surface area contributed by atoms with Crippen molar-refractivity contribution in [1.82, 2.24) is 27.4 Å². The highest BCUT2D eigenvalue weighted by atomic mass is 16.6. The smallest absolute Gasteiger partial charge is 0.251 e. The molecule has 4 aromatic carbocycles. The van der Waals surface area contributed by atoms with Gasteiger partial charge in [-0.2, -0.15) is 0 Å². The van der Waals surface area contributed by atoms with Crippen LogP contribution in [0.2, 0.25) is 0 Å². The largest absolute Gasteiger partial charge is 0.399 e. The zero-order chi connectivity index (χ0) is 51.3. The highest BCUT2D eigenvalue weighted by Crippen LogP contribution is 2.28. The van der Waals surface area contributed by atoms with Gasteiger partial charge in [0.05, 0.1) is 90.5 Å². The summed E-state index contributed by atoms with van der Waals surface area (Å²) in [5.41, 5.74) is 20.4. The molecule has 0 spiro atoms. The van der Waals surface area contributed by atoms with Gasteiger partial charge in [-0.05, 0) is 125 Å². The second-order valence-corrected chi connectivity index (χ2v) is 17.6. The van der Waals surface area contributed by atoms with E-state index in [-0.39, 0.29) is 247 Å². The van der Waals surface area contributed by atoms with Crippen LogP contribution in [0.5, 0.6) is 0 Å². The summed E-state index contributed by atoms with van der Waals surface area (Å²) in [4.78, 5) is 50.3. The van der Waals surface area contributed by atoms with Crippen LogP contribution in [0.3, 0.4) is 0 Å². The Morgan fingerprint density at radius 2 is 0.578 bits per heavy atom. The number of hydrogen-bond donors (Lipinski definition) is 8. The summed E-state index contributed by atoms with van der Waals surface area (Å²) >= 11 is 0. The van der Waals surface area contributed by atoms with Gasteiger partial charge in [0.1, 0.15) is 0 Å². The quantitative estimate of drug-likeness (QED) is 0.0157. The lowest BCUT2D eigenvalue weighted by Crippen LogP contribution is -2.41. The van der Waals surface area contributed by atoms with Crippen molar-refractivity contribution < 1.29 is 52.3 Å². The lowest BCUT2D eigenvalue weighted by molar-refractivity contribution is -0.114. The van der Waals surface area contributed by atoms with E-state index < -0.39 is 5.41 Å². The first kappa shape index (κ1) is 125. The minimum absolute atomic E-state index is 0. The van der Waals surface area contributed by atoms with Crippen LogP contribution in [0.15, 0.2) is 103 Å². The van der Waals surface area contributed by atoms with Crippen LogP contribution in [0, 0.1) is 5.41 Å². The lowest BCUT2D eigenvalue weighted by Gasteiger charge is -2.35. The molecule has 4 amide bonds. The Labute approximate surface area is 557 Å². The molecule has 0 aliphatic carbocycles. The average molecular weight is 1290 g/mol. The molecule has 0 aromatic heterocycles. The van der Waals surface area contributed by atoms with Gasteiger partial charge >= 0.3 is 0 Å². The van der Waals surface area contributed by atoms with E-state index in [0.717, 1.165) is 0 Å².